The third-order valence-corrected chi connectivity index (χ3v) is 5.55. The van der Waals surface area contributed by atoms with E-state index in [0.29, 0.717) is 17.7 Å². The first-order valence-electron chi connectivity index (χ1n) is 12.5. The molecule has 4 N–H and O–H groups in total. The first-order chi connectivity index (χ1) is 20.2. The van der Waals surface area contributed by atoms with Crippen molar-refractivity contribution in [3.8, 4) is 5.75 Å². The maximum Gasteiger partial charge on any atom is 0.514 e. The summed E-state index contributed by atoms with van der Waals surface area (Å²) in [4.78, 5) is 69.7. The van der Waals surface area contributed by atoms with Gasteiger partial charge in [0, 0.05) is 24.2 Å². The maximum absolute atomic E-state index is 12.8. The Morgan fingerprint density at radius 1 is 0.857 bits per heavy atom. The van der Waals surface area contributed by atoms with Crippen molar-refractivity contribution < 1.29 is 38.4 Å². The molecule has 0 aliphatic heterocycles. The highest BCUT2D eigenvalue weighted by molar-refractivity contribution is 5.96. The summed E-state index contributed by atoms with van der Waals surface area (Å²) in [7, 11) is 0. The van der Waals surface area contributed by atoms with Crippen molar-refractivity contribution >= 4 is 41.7 Å². The zero-order valence-corrected chi connectivity index (χ0v) is 22.1. The maximum atomic E-state index is 12.8. The number of rotatable bonds is 14. The van der Waals surface area contributed by atoms with E-state index in [1.54, 1.807) is 48.5 Å². The Morgan fingerprint density at radius 3 is 2.19 bits per heavy atom. The van der Waals surface area contributed by atoms with Gasteiger partial charge in [-0.1, -0.05) is 42.5 Å². The second kappa shape index (κ2) is 15.7. The van der Waals surface area contributed by atoms with E-state index in [2.05, 4.69) is 21.3 Å². The van der Waals surface area contributed by atoms with E-state index in [4.69, 9.17) is 9.47 Å². The summed E-state index contributed by atoms with van der Waals surface area (Å²) in [5, 5.41) is 20.6. The molecule has 0 aliphatic carbocycles. The number of nitrogens with zero attached hydrogens (tertiary/aromatic N) is 1. The van der Waals surface area contributed by atoms with E-state index in [-0.39, 0.29) is 37.6 Å². The van der Waals surface area contributed by atoms with Gasteiger partial charge in [-0.15, -0.1) is 0 Å². The SMILES string of the molecule is O=CNCC(=O)NC(Cc1ccccc1)C(=O)NCC(=O)Nc1ccc(COC(=O)Oc2ccc([N+](=O)[O-])cc2)cc1. The Kier molecular flexibility index (Phi) is 11.5. The van der Waals surface area contributed by atoms with Gasteiger partial charge in [-0.05, 0) is 35.4 Å². The highest BCUT2D eigenvalue weighted by Crippen LogP contribution is 2.18. The van der Waals surface area contributed by atoms with Crippen LogP contribution in [0.4, 0.5) is 16.2 Å². The molecule has 0 spiro atoms. The normalized spacial score (nSPS) is 10.9. The fourth-order valence-corrected chi connectivity index (χ4v) is 3.52. The molecule has 1 unspecified atom stereocenters. The van der Waals surface area contributed by atoms with Gasteiger partial charge in [-0.2, -0.15) is 0 Å². The number of nitrogens with one attached hydrogen (secondary N) is 4. The minimum absolute atomic E-state index is 0.0828. The van der Waals surface area contributed by atoms with Gasteiger partial charge in [-0.3, -0.25) is 29.3 Å². The molecule has 1 atom stereocenters. The van der Waals surface area contributed by atoms with E-state index >= 15 is 0 Å². The summed E-state index contributed by atoms with van der Waals surface area (Å²) in [5.74, 6) is -1.58. The monoisotopic (exact) mass is 577 g/mol. The molecule has 0 radical (unpaired) electrons. The lowest BCUT2D eigenvalue weighted by Gasteiger charge is -2.18. The first kappa shape index (κ1) is 30.7. The van der Waals surface area contributed by atoms with Gasteiger partial charge in [0.1, 0.15) is 18.4 Å². The first-order valence-corrected chi connectivity index (χ1v) is 12.5. The molecule has 42 heavy (non-hydrogen) atoms. The number of anilines is 1. The second-order valence-electron chi connectivity index (χ2n) is 8.66. The van der Waals surface area contributed by atoms with Crippen molar-refractivity contribution in [2.24, 2.45) is 0 Å². The molecule has 218 valence electrons. The van der Waals surface area contributed by atoms with Crippen LogP contribution in [0.3, 0.4) is 0 Å². The lowest BCUT2D eigenvalue weighted by molar-refractivity contribution is -0.384. The third kappa shape index (κ3) is 10.4. The van der Waals surface area contributed by atoms with Crippen LogP contribution in [0.2, 0.25) is 0 Å². The largest absolute Gasteiger partial charge is 0.514 e. The van der Waals surface area contributed by atoms with E-state index in [1.165, 1.54) is 24.3 Å². The van der Waals surface area contributed by atoms with Crippen molar-refractivity contribution in [2.45, 2.75) is 19.1 Å². The molecule has 4 amide bonds. The highest BCUT2D eigenvalue weighted by atomic mass is 16.7. The summed E-state index contributed by atoms with van der Waals surface area (Å²) in [6, 6.07) is 19.3. The summed E-state index contributed by atoms with van der Waals surface area (Å²) >= 11 is 0. The fourth-order valence-electron chi connectivity index (χ4n) is 3.52. The number of hydrogen-bond acceptors (Lipinski definition) is 9. The van der Waals surface area contributed by atoms with Crippen molar-refractivity contribution in [3.63, 3.8) is 0 Å². The van der Waals surface area contributed by atoms with Gasteiger partial charge >= 0.3 is 6.16 Å². The molecule has 0 saturated carbocycles. The molecule has 0 fully saturated rings. The van der Waals surface area contributed by atoms with Crippen molar-refractivity contribution in [3.05, 3.63) is 100 Å². The average molecular weight is 578 g/mol. The Hall–Kier alpha value is -5.79. The second-order valence-corrected chi connectivity index (χ2v) is 8.66. The van der Waals surface area contributed by atoms with Crippen molar-refractivity contribution in [1.29, 1.82) is 0 Å². The van der Waals surface area contributed by atoms with Crippen molar-refractivity contribution in [1.82, 2.24) is 16.0 Å². The van der Waals surface area contributed by atoms with Crippen LogP contribution < -0.4 is 26.0 Å². The molecule has 14 nitrogen and oxygen atoms in total. The molecular weight excluding hydrogens is 550 g/mol. The van der Waals surface area contributed by atoms with E-state index in [9.17, 15) is 34.1 Å². The van der Waals surface area contributed by atoms with E-state index in [1.807, 2.05) is 6.07 Å². The Bertz CT molecular complexity index is 1400. The van der Waals surface area contributed by atoms with E-state index < -0.39 is 34.8 Å². The molecule has 3 aromatic carbocycles. The topological polar surface area (TPSA) is 195 Å². The molecular formula is C28H27N5O9. The van der Waals surface area contributed by atoms with Crippen molar-refractivity contribution in [2.75, 3.05) is 18.4 Å². The number of nitro benzene ring substituents is 1. The molecule has 0 bridgehead atoms. The molecule has 3 aromatic rings. The van der Waals surface area contributed by atoms with Crippen LogP contribution in [-0.4, -0.2) is 54.3 Å². The lowest BCUT2D eigenvalue weighted by Crippen LogP contribution is -2.51. The summed E-state index contributed by atoms with van der Waals surface area (Å²) in [6.07, 6.45) is -0.459. The van der Waals surface area contributed by atoms with Gasteiger partial charge in [0.05, 0.1) is 18.0 Å². The highest BCUT2D eigenvalue weighted by Gasteiger charge is 2.22. The number of benzene rings is 3. The van der Waals surface area contributed by atoms with Gasteiger partial charge in [0.15, 0.2) is 0 Å². The van der Waals surface area contributed by atoms with Crippen LogP contribution in [0.5, 0.6) is 5.75 Å². The third-order valence-electron chi connectivity index (χ3n) is 5.55. The number of nitro groups is 1. The predicted octanol–water partition coefficient (Wildman–Crippen LogP) is 1.84. The van der Waals surface area contributed by atoms with Gasteiger partial charge in [-0.25, -0.2) is 4.79 Å². The lowest BCUT2D eigenvalue weighted by atomic mass is 10.1. The Labute approximate surface area is 239 Å². The molecule has 14 heteroatoms. The van der Waals surface area contributed by atoms with Crippen LogP contribution in [0, 0.1) is 10.1 Å². The predicted molar refractivity (Wildman–Crippen MR) is 148 cm³/mol. The van der Waals surface area contributed by atoms with E-state index in [0.717, 1.165) is 5.56 Å². The van der Waals surface area contributed by atoms with Gasteiger partial charge < -0.3 is 30.7 Å². The molecule has 0 aliphatic rings. The number of carbonyl (C=O) groups is 5. The number of ether oxygens (including phenoxy) is 2. The van der Waals surface area contributed by atoms with Crippen LogP contribution in [-0.2, 0) is 36.9 Å². The number of non-ortho nitro benzene ring substituents is 1. The van der Waals surface area contributed by atoms with Crippen LogP contribution >= 0.6 is 0 Å². The minimum Gasteiger partial charge on any atom is -0.429 e. The Morgan fingerprint density at radius 2 is 1.55 bits per heavy atom. The Balaban J connectivity index is 1.45. The number of hydrogen-bond donors (Lipinski definition) is 4. The summed E-state index contributed by atoms with van der Waals surface area (Å²) < 4.78 is 9.99. The standard InChI is InChI=1S/C28H27N5O9/c34-18-29-15-25(35)32-24(14-19-4-2-1-3-5-19)27(37)30-16-26(36)31-21-8-6-20(7-9-21)17-41-28(38)42-23-12-10-22(11-13-23)33(39)40/h1-13,18,24H,14-17H2,(H,29,34)(H,30,37)(H,31,36)(H,32,35). The van der Waals surface area contributed by atoms with Crippen LogP contribution in [0.25, 0.3) is 0 Å². The van der Waals surface area contributed by atoms with Crippen LogP contribution in [0.15, 0.2) is 78.9 Å². The zero-order chi connectivity index (χ0) is 30.3. The number of amides is 4. The minimum atomic E-state index is -1.00. The number of carbonyl (C=O) groups excluding carboxylic acids is 5. The zero-order valence-electron chi connectivity index (χ0n) is 22.1. The van der Waals surface area contributed by atoms with Gasteiger partial charge in [0.2, 0.25) is 24.1 Å². The molecule has 0 heterocycles. The average Bonchev–Trinajstić information content (AvgIpc) is 2.99. The quantitative estimate of drug-likeness (QED) is 0.0727. The van der Waals surface area contributed by atoms with Crippen LogP contribution in [0.1, 0.15) is 11.1 Å². The molecule has 0 aromatic heterocycles. The van der Waals surface area contributed by atoms with Gasteiger partial charge in [0.25, 0.3) is 5.69 Å². The summed E-state index contributed by atoms with van der Waals surface area (Å²) in [5.41, 5.74) is 1.65. The smallest absolute Gasteiger partial charge is 0.429 e. The molecule has 0 saturated heterocycles. The fraction of sp³-hybridized carbons (Fsp3) is 0.179. The molecule has 3 rings (SSSR count). The summed E-state index contributed by atoms with van der Waals surface area (Å²) in [6.45, 7) is -0.802.